The van der Waals surface area contributed by atoms with Gasteiger partial charge in [0.2, 0.25) is 5.91 Å². The van der Waals surface area contributed by atoms with E-state index in [0.29, 0.717) is 5.69 Å². The van der Waals surface area contributed by atoms with Crippen LogP contribution in [0.1, 0.15) is 0 Å². The fourth-order valence-electron chi connectivity index (χ4n) is 2.86. The highest BCUT2D eigenvalue weighted by Gasteiger charge is 2.29. The molecule has 1 heterocycles. The van der Waals surface area contributed by atoms with Crippen molar-refractivity contribution in [3.05, 3.63) is 62.7 Å². The summed E-state index contributed by atoms with van der Waals surface area (Å²) in [6.07, 6.45) is 0. The number of ether oxygens (including phenoxy) is 1. The summed E-state index contributed by atoms with van der Waals surface area (Å²) in [7, 11) is 0. The number of rotatable bonds is 8. The van der Waals surface area contributed by atoms with E-state index >= 15 is 0 Å². The average molecular weight is 415 g/mol. The van der Waals surface area contributed by atoms with Gasteiger partial charge in [-0.05, 0) is 12.1 Å². The topological polar surface area (TPSA) is 157 Å². The van der Waals surface area contributed by atoms with Crippen LogP contribution in [0.2, 0.25) is 0 Å². The van der Waals surface area contributed by atoms with E-state index in [9.17, 15) is 29.8 Å². The van der Waals surface area contributed by atoms with Gasteiger partial charge in [0.05, 0.1) is 15.5 Å². The third-order valence-corrected chi connectivity index (χ3v) is 4.26. The Morgan fingerprint density at radius 1 is 1.10 bits per heavy atom. The molecule has 30 heavy (non-hydrogen) atoms. The summed E-state index contributed by atoms with van der Waals surface area (Å²) in [5.41, 5.74) is 0.155. The molecule has 1 aliphatic heterocycles. The van der Waals surface area contributed by atoms with Crippen molar-refractivity contribution in [2.45, 2.75) is 0 Å². The third-order valence-electron chi connectivity index (χ3n) is 4.26. The molecule has 12 heteroatoms. The van der Waals surface area contributed by atoms with Crippen LogP contribution in [0.15, 0.2) is 42.5 Å². The van der Waals surface area contributed by atoms with E-state index in [0.717, 1.165) is 4.90 Å². The highest BCUT2D eigenvalue weighted by Crippen LogP contribution is 2.35. The van der Waals surface area contributed by atoms with Crippen molar-refractivity contribution in [1.82, 2.24) is 5.32 Å². The van der Waals surface area contributed by atoms with E-state index in [1.807, 2.05) is 0 Å². The summed E-state index contributed by atoms with van der Waals surface area (Å²) < 4.78 is 5.25. The number of amides is 2. The van der Waals surface area contributed by atoms with Gasteiger partial charge in [-0.15, -0.1) is 0 Å². The number of para-hydroxylation sites is 2. The molecule has 0 radical (unpaired) electrons. The Morgan fingerprint density at radius 2 is 1.87 bits per heavy atom. The van der Waals surface area contributed by atoms with Gasteiger partial charge in [-0.25, -0.2) is 0 Å². The molecule has 0 atom stereocenters. The van der Waals surface area contributed by atoms with Gasteiger partial charge in [0.1, 0.15) is 18.0 Å². The predicted molar refractivity (Wildman–Crippen MR) is 106 cm³/mol. The number of nitro groups is 2. The first-order valence-electron chi connectivity index (χ1n) is 8.82. The van der Waals surface area contributed by atoms with Crippen LogP contribution in [0.5, 0.6) is 5.75 Å². The summed E-state index contributed by atoms with van der Waals surface area (Å²) >= 11 is 0. The largest absolute Gasteiger partial charge is 0.482 e. The molecule has 0 saturated carbocycles. The highest BCUT2D eigenvalue weighted by atomic mass is 16.6. The van der Waals surface area contributed by atoms with Crippen LogP contribution in [0.25, 0.3) is 0 Å². The zero-order chi connectivity index (χ0) is 21.7. The number of carbonyl (C=O) groups excluding carboxylic acids is 2. The number of nitrogens with zero attached hydrogens (tertiary/aromatic N) is 3. The Kier molecular flexibility index (Phi) is 6.05. The van der Waals surface area contributed by atoms with Crippen molar-refractivity contribution >= 4 is 34.6 Å². The maximum absolute atomic E-state index is 12.3. The molecule has 0 bridgehead atoms. The number of nitrogens with one attached hydrogen (secondary N) is 2. The van der Waals surface area contributed by atoms with Gasteiger partial charge in [-0.1, -0.05) is 12.1 Å². The van der Waals surface area contributed by atoms with Crippen LogP contribution in [0.3, 0.4) is 0 Å². The second-order valence-electron chi connectivity index (χ2n) is 6.23. The molecule has 1 aliphatic rings. The molecule has 12 nitrogen and oxygen atoms in total. The molecular formula is C18H17N5O7. The van der Waals surface area contributed by atoms with E-state index in [1.54, 1.807) is 18.2 Å². The van der Waals surface area contributed by atoms with Gasteiger partial charge in [0.15, 0.2) is 6.61 Å². The fraction of sp³-hybridized carbons (Fsp3) is 0.222. The zero-order valence-electron chi connectivity index (χ0n) is 15.6. The lowest BCUT2D eigenvalue weighted by atomic mass is 10.2. The molecule has 0 aliphatic carbocycles. The Labute approximate surface area is 169 Å². The first-order chi connectivity index (χ1) is 14.4. The van der Waals surface area contributed by atoms with E-state index in [1.165, 1.54) is 24.3 Å². The minimum atomic E-state index is -0.605. The number of fused-ring (bicyclic) bond motifs is 1. The van der Waals surface area contributed by atoms with Crippen molar-refractivity contribution in [3.63, 3.8) is 0 Å². The number of carbonyl (C=O) groups is 2. The normalized spacial score (nSPS) is 12.5. The van der Waals surface area contributed by atoms with Gasteiger partial charge in [-0.2, -0.15) is 0 Å². The Balaban J connectivity index is 1.58. The molecule has 2 amide bonds. The summed E-state index contributed by atoms with van der Waals surface area (Å²) in [4.78, 5) is 46.4. The lowest BCUT2D eigenvalue weighted by molar-refractivity contribution is -0.384. The molecule has 156 valence electrons. The number of hydrogen-bond acceptors (Lipinski definition) is 8. The van der Waals surface area contributed by atoms with Crippen LogP contribution in [-0.4, -0.2) is 47.9 Å². The second-order valence-corrected chi connectivity index (χ2v) is 6.23. The molecular weight excluding hydrogens is 398 g/mol. The number of hydrogen-bond donors (Lipinski definition) is 2. The Morgan fingerprint density at radius 3 is 2.60 bits per heavy atom. The van der Waals surface area contributed by atoms with Gasteiger partial charge >= 0.3 is 0 Å². The van der Waals surface area contributed by atoms with E-state index in [2.05, 4.69) is 10.6 Å². The van der Waals surface area contributed by atoms with Crippen LogP contribution < -0.4 is 20.3 Å². The number of non-ortho nitro benzene ring substituents is 1. The molecule has 3 rings (SSSR count). The number of anilines is 2. The van der Waals surface area contributed by atoms with E-state index < -0.39 is 21.7 Å². The molecule has 0 unspecified atom stereocenters. The summed E-state index contributed by atoms with van der Waals surface area (Å²) in [5.74, 6) is -0.727. The smallest absolute Gasteiger partial charge is 0.292 e. The van der Waals surface area contributed by atoms with Crippen molar-refractivity contribution in [3.8, 4) is 5.75 Å². The molecule has 2 aromatic carbocycles. The molecule has 2 N–H and O–H groups in total. The lowest BCUT2D eigenvalue weighted by Gasteiger charge is -2.28. The van der Waals surface area contributed by atoms with E-state index in [4.69, 9.17) is 4.74 Å². The average Bonchev–Trinajstić information content (AvgIpc) is 2.73. The van der Waals surface area contributed by atoms with Gasteiger partial charge in [0, 0.05) is 31.3 Å². The quantitative estimate of drug-likeness (QED) is 0.373. The zero-order valence-corrected chi connectivity index (χ0v) is 15.6. The third kappa shape index (κ3) is 4.60. The lowest BCUT2D eigenvalue weighted by Crippen LogP contribution is -2.45. The van der Waals surface area contributed by atoms with Gasteiger partial charge in [0.25, 0.3) is 17.3 Å². The second kappa shape index (κ2) is 8.86. The highest BCUT2D eigenvalue weighted by molar-refractivity contribution is 6.02. The summed E-state index contributed by atoms with van der Waals surface area (Å²) in [6, 6.07) is 9.91. The summed E-state index contributed by atoms with van der Waals surface area (Å²) in [6.45, 7) is -0.264. The SMILES string of the molecule is O=C(CN1C(=O)COc2ccc([N+](=O)[O-])cc21)NCCNc1ccccc1[N+](=O)[O-]. The monoisotopic (exact) mass is 415 g/mol. The van der Waals surface area contributed by atoms with Crippen LogP contribution >= 0.6 is 0 Å². The van der Waals surface area contributed by atoms with Crippen molar-refractivity contribution < 1.29 is 24.2 Å². The van der Waals surface area contributed by atoms with Gasteiger partial charge in [-0.3, -0.25) is 34.7 Å². The maximum atomic E-state index is 12.3. The number of benzene rings is 2. The molecule has 0 aromatic heterocycles. The molecule has 0 fully saturated rings. The van der Waals surface area contributed by atoms with Gasteiger partial charge < -0.3 is 15.4 Å². The Hall–Kier alpha value is -4.22. The standard InChI is InChI=1S/C18H17N5O7/c24-17(20-8-7-19-13-3-1-2-4-14(13)23(28)29)10-21-15-9-12(22(26)27)5-6-16(15)30-11-18(21)25/h1-6,9,19H,7-8,10-11H2,(H,20,24). The van der Waals surface area contributed by atoms with Crippen LogP contribution in [0.4, 0.5) is 22.7 Å². The molecule has 0 saturated heterocycles. The minimum Gasteiger partial charge on any atom is -0.482 e. The maximum Gasteiger partial charge on any atom is 0.292 e. The van der Waals surface area contributed by atoms with E-state index in [-0.39, 0.29) is 49.1 Å². The summed E-state index contributed by atoms with van der Waals surface area (Å²) in [5, 5.41) is 27.4. The van der Waals surface area contributed by atoms with Crippen LogP contribution in [-0.2, 0) is 9.59 Å². The van der Waals surface area contributed by atoms with Crippen molar-refractivity contribution in [1.29, 1.82) is 0 Å². The fourth-order valence-corrected chi connectivity index (χ4v) is 2.86. The Bertz CT molecular complexity index is 1010. The first-order valence-corrected chi connectivity index (χ1v) is 8.82. The number of nitro benzene ring substituents is 2. The van der Waals surface area contributed by atoms with Crippen LogP contribution in [0, 0.1) is 20.2 Å². The van der Waals surface area contributed by atoms with Crippen molar-refractivity contribution in [2.24, 2.45) is 0 Å². The predicted octanol–water partition coefficient (Wildman–Crippen LogP) is 1.46. The minimum absolute atomic E-state index is 0.0825. The molecule has 0 spiro atoms. The molecule has 2 aromatic rings. The van der Waals surface area contributed by atoms with Crippen molar-refractivity contribution in [2.75, 3.05) is 36.5 Å². The first kappa shape index (κ1) is 20.5.